The zero-order valence-corrected chi connectivity index (χ0v) is 8.97. The summed E-state index contributed by atoms with van der Waals surface area (Å²) in [5.41, 5.74) is 1.25. The van der Waals surface area contributed by atoms with E-state index in [2.05, 4.69) is 5.23 Å². The van der Waals surface area contributed by atoms with E-state index in [0.29, 0.717) is 11.3 Å². The fourth-order valence-electron chi connectivity index (χ4n) is 1.32. The molecular weight excluding hydrogens is 196 g/mol. The number of Topliss-reactive ketones (excluding diaryl/α,β-unsaturated/α-hetero) is 1. The molecule has 1 rings (SSSR count). The van der Waals surface area contributed by atoms with Crippen LogP contribution >= 0.6 is 0 Å². The maximum Gasteiger partial charge on any atom is 0.406 e. The first-order valence-electron chi connectivity index (χ1n) is 4.67. The third-order valence-corrected chi connectivity index (χ3v) is 2.06. The monoisotopic (exact) mass is 209 g/mol. The molecule has 0 saturated carbocycles. The fraction of sp³-hybridized carbons (Fsp3) is 0.300. The minimum atomic E-state index is -0.742. The SMILES string of the molecule is CB(O)Nc1cc(C(C)=O)c(F)cc1C. The van der Waals surface area contributed by atoms with Gasteiger partial charge in [-0.1, -0.05) is 0 Å². The third kappa shape index (κ3) is 2.79. The number of ketones is 1. The number of halogens is 1. The molecule has 0 amide bonds. The van der Waals surface area contributed by atoms with E-state index in [0.717, 1.165) is 0 Å². The van der Waals surface area contributed by atoms with E-state index < -0.39 is 12.9 Å². The Morgan fingerprint density at radius 1 is 1.53 bits per heavy atom. The Morgan fingerprint density at radius 2 is 2.13 bits per heavy atom. The average Bonchev–Trinajstić information content (AvgIpc) is 2.08. The summed E-state index contributed by atoms with van der Waals surface area (Å²) in [7, 11) is -0.742. The van der Waals surface area contributed by atoms with Gasteiger partial charge in [-0.25, -0.2) is 4.39 Å². The van der Waals surface area contributed by atoms with Gasteiger partial charge in [0.25, 0.3) is 0 Å². The standard InChI is InChI=1S/C10H13BFNO2/c1-6-4-9(12)8(7(2)14)5-10(6)13-11(3)15/h4-5,13,15H,1-3H3. The first-order chi connectivity index (χ1) is 6.91. The summed E-state index contributed by atoms with van der Waals surface area (Å²) >= 11 is 0. The van der Waals surface area contributed by atoms with Crippen LogP contribution < -0.4 is 5.23 Å². The molecule has 0 aromatic heterocycles. The number of benzene rings is 1. The van der Waals surface area contributed by atoms with Gasteiger partial charge in [-0.05, 0) is 38.4 Å². The lowest BCUT2D eigenvalue weighted by molar-refractivity contribution is 0.101. The molecule has 0 aliphatic heterocycles. The lowest BCUT2D eigenvalue weighted by atomic mass is 9.87. The van der Waals surface area contributed by atoms with Crippen LogP contribution in [0.15, 0.2) is 12.1 Å². The second kappa shape index (κ2) is 4.44. The van der Waals surface area contributed by atoms with Gasteiger partial charge in [0.15, 0.2) is 5.78 Å². The highest BCUT2D eigenvalue weighted by molar-refractivity contribution is 6.52. The Kier molecular flexibility index (Phi) is 3.47. The third-order valence-electron chi connectivity index (χ3n) is 2.06. The summed E-state index contributed by atoms with van der Waals surface area (Å²) < 4.78 is 13.3. The Bertz CT molecular complexity index is 393. The molecule has 0 aliphatic rings. The number of anilines is 1. The highest BCUT2D eigenvalue weighted by Crippen LogP contribution is 2.20. The van der Waals surface area contributed by atoms with E-state index in [1.54, 1.807) is 13.7 Å². The number of carbonyl (C=O) groups is 1. The van der Waals surface area contributed by atoms with E-state index in [-0.39, 0.29) is 11.3 Å². The quantitative estimate of drug-likeness (QED) is 0.589. The minimum absolute atomic E-state index is 0.0313. The molecule has 5 heteroatoms. The van der Waals surface area contributed by atoms with Crippen molar-refractivity contribution in [3.05, 3.63) is 29.1 Å². The van der Waals surface area contributed by atoms with Gasteiger partial charge in [0, 0.05) is 5.69 Å². The number of carbonyl (C=O) groups excluding carboxylic acids is 1. The highest BCUT2D eigenvalue weighted by Gasteiger charge is 2.12. The van der Waals surface area contributed by atoms with Crippen LogP contribution in [0.5, 0.6) is 0 Å². The van der Waals surface area contributed by atoms with Crippen LogP contribution in [0.4, 0.5) is 10.1 Å². The molecule has 0 heterocycles. The van der Waals surface area contributed by atoms with Gasteiger partial charge in [-0.15, -0.1) is 0 Å². The van der Waals surface area contributed by atoms with Crippen molar-refractivity contribution in [3.8, 4) is 0 Å². The predicted molar refractivity (Wildman–Crippen MR) is 58.6 cm³/mol. The molecule has 0 saturated heterocycles. The molecule has 0 spiro atoms. The van der Waals surface area contributed by atoms with Crippen molar-refractivity contribution in [2.75, 3.05) is 5.23 Å². The topological polar surface area (TPSA) is 49.3 Å². The van der Waals surface area contributed by atoms with Gasteiger partial charge < -0.3 is 10.3 Å². The number of hydrogen-bond acceptors (Lipinski definition) is 3. The highest BCUT2D eigenvalue weighted by atomic mass is 19.1. The van der Waals surface area contributed by atoms with E-state index in [1.807, 2.05) is 0 Å². The molecule has 15 heavy (non-hydrogen) atoms. The zero-order chi connectivity index (χ0) is 11.6. The van der Waals surface area contributed by atoms with Gasteiger partial charge >= 0.3 is 7.05 Å². The molecule has 0 radical (unpaired) electrons. The van der Waals surface area contributed by atoms with Crippen molar-refractivity contribution >= 4 is 18.5 Å². The van der Waals surface area contributed by atoms with Crippen molar-refractivity contribution < 1.29 is 14.2 Å². The van der Waals surface area contributed by atoms with E-state index in [1.165, 1.54) is 19.1 Å². The lowest BCUT2D eigenvalue weighted by Gasteiger charge is -2.11. The lowest BCUT2D eigenvalue weighted by Crippen LogP contribution is -2.20. The minimum Gasteiger partial charge on any atom is -0.433 e. The Hall–Kier alpha value is -1.36. The zero-order valence-electron chi connectivity index (χ0n) is 8.97. The Balaban J connectivity index is 3.17. The predicted octanol–water partition coefficient (Wildman–Crippen LogP) is 1.86. The van der Waals surface area contributed by atoms with Crippen molar-refractivity contribution in [1.82, 2.24) is 0 Å². The first kappa shape index (κ1) is 11.7. The summed E-state index contributed by atoms with van der Waals surface area (Å²) in [4.78, 5) is 11.1. The van der Waals surface area contributed by atoms with Crippen molar-refractivity contribution in [3.63, 3.8) is 0 Å². The number of nitrogens with one attached hydrogen (secondary N) is 1. The number of rotatable bonds is 3. The smallest absolute Gasteiger partial charge is 0.406 e. The van der Waals surface area contributed by atoms with Crippen LogP contribution in [0.2, 0.25) is 6.82 Å². The van der Waals surface area contributed by atoms with Crippen LogP contribution in [0, 0.1) is 12.7 Å². The van der Waals surface area contributed by atoms with Gasteiger partial charge in [0.2, 0.25) is 0 Å². The van der Waals surface area contributed by atoms with E-state index >= 15 is 0 Å². The van der Waals surface area contributed by atoms with E-state index in [9.17, 15) is 9.18 Å². The molecule has 1 aromatic carbocycles. The molecular formula is C10H13BFNO2. The molecule has 1 aromatic rings. The Labute approximate surface area is 88.4 Å². The average molecular weight is 209 g/mol. The van der Waals surface area contributed by atoms with Crippen LogP contribution in [-0.4, -0.2) is 17.9 Å². The molecule has 3 nitrogen and oxygen atoms in total. The van der Waals surface area contributed by atoms with Crippen LogP contribution in [0.25, 0.3) is 0 Å². The molecule has 2 N–H and O–H groups in total. The van der Waals surface area contributed by atoms with Crippen molar-refractivity contribution in [2.45, 2.75) is 20.7 Å². The summed E-state index contributed by atoms with van der Waals surface area (Å²) in [5.74, 6) is -0.864. The van der Waals surface area contributed by atoms with Gasteiger partial charge in [0.1, 0.15) is 5.82 Å². The summed E-state index contributed by atoms with van der Waals surface area (Å²) in [6.45, 7) is 4.56. The maximum atomic E-state index is 13.3. The molecule has 0 fully saturated rings. The normalized spacial score (nSPS) is 9.93. The summed E-state index contributed by atoms with van der Waals surface area (Å²) in [5, 5.41) is 11.9. The van der Waals surface area contributed by atoms with Crippen molar-refractivity contribution in [2.24, 2.45) is 0 Å². The van der Waals surface area contributed by atoms with E-state index in [4.69, 9.17) is 5.02 Å². The largest absolute Gasteiger partial charge is 0.433 e. The fourth-order valence-corrected chi connectivity index (χ4v) is 1.32. The summed E-state index contributed by atoms with van der Waals surface area (Å²) in [6.07, 6.45) is 0. The molecule has 0 unspecified atom stereocenters. The molecule has 0 aliphatic carbocycles. The van der Waals surface area contributed by atoms with Crippen LogP contribution in [-0.2, 0) is 0 Å². The van der Waals surface area contributed by atoms with Crippen LogP contribution in [0.1, 0.15) is 22.8 Å². The van der Waals surface area contributed by atoms with Gasteiger partial charge in [0.05, 0.1) is 5.56 Å². The molecule has 0 atom stereocenters. The molecule has 0 bridgehead atoms. The summed E-state index contributed by atoms with van der Waals surface area (Å²) in [6, 6.07) is 2.70. The second-order valence-corrected chi connectivity index (χ2v) is 3.52. The molecule has 80 valence electrons. The number of aryl methyl sites for hydroxylation is 1. The van der Waals surface area contributed by atoms with Gasteiger partial charge in [-0.2, -0.15) is 0 Å². The van der Waals surface area contributed by atoms with Gasteiger partial charge in [-0.3, -0.25) is 4.79 Å². The second-order valence-electron chi connectivity index (χ2n) is 3.52. The van der Waals surface area contributed by atoms with Crippen molar-refractivity contribution in [1.29, 1.82) is 0 Å². The number of hydrogen-bond donors (Lipinski definition) is 2. The maximum absolute atomic E-state index is 13.3. The Morgan fingerprint density at radius 3 is 2.60 bits per heavy atom. The van der Waals surface area contributed by atoms with Crippen LogP contribution in [0.3, 0.4) is 0 Å². The first-order valence-corrected chi connectivity index (χ1v) is 4.67.